The Bertz CT molecular complexity index is 819. The van der Waals surface area contributed by atoms with E-state index in [9.17, 15) is 4.79 Å². The van der Waals surface area contributed by atoms with Gasteiger partial charge in [-0.15, -0.1) is 22.7 Å². The summed E-state index contributed by atoms with van der Waals surface area (Å²) in [5.74, 6) is -0.158. The molecule has 0 radical (unpaired) electrons. The summed E-state index contributed by atoms with van der Waals surface area (Å²) in [6.07, 6.45) is 6.00. The Balaban J connectivity index is 1.59. The molecular weight excluding hydrogens is 324 g/mol. The average Bonchev–Trinajstić information content (AvgIpc) is 3.17. The highest BCUT2D eigenvalue weighted by Crippen LogP contribution is 2.21. The second-order valence-electron chi connectivity index (χ2n) is 5.14. The third-order valence-corrected chi connectivity index (χ3v) is 4.94. The minimum absolute atomic E-state index is 0.158. The van der Waals surface area contributed by atoms with E-state index in [2.05, 4.69) is 41.5 Å². The maximum absolute atomic E-state index is 11.9. The zero-order chi connectivity index (χ0) is 16.1. The van der Waals surface area contributed by atoms with Gasteiger partial charge in [0.1, 0.15) is 0 Å². The van der Waals surface area contributed by atoms with Gasteiger partial charge < -0.3 is 0 Å². The van der Waals surface area contributed by atoms with Crippen LogP contribution in [0.3, 0.4) is 0 Å². The smallest absolute Gasteiger partial charge is 0.250 e. The molecule has 1 aromatic carbocycles. The van der Waals surface area contributed by atoms with Crippen LogP contribution in [0.25, 0.3) is 6.08 Å². The van der Waals surface area contributed by atoms with Crippen LogP contribution in [0.5, 0.6) is 0 Å². The molecule has 1 N–H and O–H groups in total. The van der Waals surface area contributed by atoms with Crippen LogP contribution in [0.4, 0.5) is 5.13 Å². The Morgan fingerprint density at radius 3 is 3.00 bits per heavy atom. The van der Waals surface area contributed by atoms with Crippen LogP contribution in [0.1, 0.15) is 20.9 Å². The minimum atomic E-state index is -0.158. The third-order valence-electron chi connectivity index (χ3n) is 3.19. The number of nitrogens with zero attached hydrogens (tertiary/aromatic N) is 1. The number of hydrogen-bond acceptors (Lipinski definition) is 4. The van der Waals surface area contributed by atoms with Gasteiger partial charge in [-0.25, -0.2) is 4.98 Å². The summed E-state index contributed by atoms with van der Waals surface area (Å²) < 4.78 is 0. The van der Waals surface area contributed by atoms with E-state index < -0.39 is 0 Å². The molecule has 0 aliphatic carbocycles. The maximum atomic E-state index is 11.9. The van der Waals surface area contributed by atoms with Crippen LogP contribution in [0, 0.1) is 6.92 Å². The van der Waals surface area contributed by atoms with E-state index in [1.54, 1.807) is 17.4 Å². The molecule has 2 heterocycles. The molecule has 3 nitrogen and oxygen atoms in total. The fourth-order valence-corrected chi connectivity index (χ4v) is 3.63. The normalized spacial score (nSPS) is 11.0. The number of benzene rings is 1. The van der Waals surface area contributed by atoms with Crippen molar-refractivity contribution in [2.24, 2.45) is 0 Å². The van der Waals surface area contributed by atoms with Gasteiger partial charge in [0.2, 0.25) is 5.91 Å². The first-order chi connectivity index (χ1) is 11.2. The molecule has 3 aromatic rings. The zero-order valence-electron chi connectivity index (χ0n) is 12.7. The van der Waals surface area contributed by atoms with Crippen molar-refractivity contribution in [1.29, 1.82) is 0 Å². The van der Waals surface area contributed by atoms with Crippen LogP contribution < -0.4 is 5.32 Å². The van der Waals surface area contributed by atoms with Crippen molar-refractivity contribution in [2.45, 2.75) is 13.3 Å². The molecule has 2 aromatic heterocycles. The van der Waals surface area contributed by atoms with Crippen molar-refractivity contribution in [3.63, 3.8) is 0 Å². The molecule has 0 fully saturated rings. The molecule has 0 atom stereocenters. The van der Waals surface area contributed by atoms with Crippen molar-refractivity contribution >= 4 is 39.8 Å². The molecular formula is C18H16N2OS2. The molecule has 116 valence electrons. The predicted octanol–water partition coefficient (Wildman–Crippen LogP) is 4.76. The standard InChI is InChI=1S/C18H16N2OS2/c1-13-4-2-5-14(10-13)11-16-12-19-18(23-16)20-17(21)8-7-15-6-3-9-22-15/h2-10,12H,11H2,1H3,(H,19,20,21)/b8-7+. The summed E-state index contributed by atoms with van der Waals surface area (Å²) in [4.78, 5) is 18.4. The molecule has 0 unspecified atom stereocenters. The number of thiazole rings is 1. The molecule has 5 heteroatoms. The summed E-state index contributed by atoms with van der Waals surface area (Å²) >= 11 is 3.11. The summed E-state index contributed by atoms with van der Waals surface area (Å²) in [6.45, 7) is 2.09. The summed E-state index contributed by atoms with van der Waals surface area (Å²) in [5, 5.41) is 5.42. The second kappa shape index (κ2) is 7.35. The number of hydrogen-bond donors (Lipinski definition) is 1. The number of rotatable bonds is 5. The predicted molar refractivity (Wildman–Crippen MR) is 98.1 cm³/mol. The molecule has 23 heavy (non-hydrogen) atoms. The first kappa shape index (κ1) is 15.6. The molecule has 0 aliphatic rings. The Kier molecular flexibility index (Phi) is 5.00. The lowest BCUT2D eigenvalue weighted by molar-refractivity contribution is -0.111. The van der Waals surface area contributed by atoms with Gasteiger partial charge in [-0.05, 0) is 30.0 Å². The van der Waals surface area contributed by atoms with Crippen LogP contribution in [-0.4, -0.2) is 10.9 Å². The van der Waals surface area contributed by atoms with Crippen LogP contribution in [-0.2, 0) is 11.2 Å². The number of anilines is 1. The first-order valence-electron chi connectivity index (χ1n) is 7.22. The third kappa shape index (κ3) is 4.61. The Morgan fingerprint density at radius 1 is 1.30 bits per heavy atom. The van der Waals surface area contributed by atoms with Crippen molar-refractivity contribution in [3.05, 3.63) is 74.9 Å². The van der Waals surface area contributed by atoms with E-state index in [-0.39, 0.29) is 5.91 Å². The van der Waals surface area contributed by atoms with Gasteiger partial charge in [-0.3, -0.25) is 10.1 Å². The fraction of sp³-hybridized carbons (Fsp3) is 0.111. The quantitative estimate of drug-likeness (QED) is 0.681. The van der Waals surface area contributed by atoms with E-state index in [1.807, 2.05) is 23.7 Å². The van der Waals surface area contributed by atoms with E-state index in [1.165, 1.54) is 28.5 Å². The number of nitrogens with one attached hydrogen (secondary N) is 1. The van der Waals surface area contributed by atoms with E-state index in [4.69, 9.17) is 0 Å². The number of carbonyl (C=O) groups is 1. The lowest BCUT2D eigenvalue weighted by Gasteiger charge is -1.99. The van der Waals surface area contributed by atoms with Gasteiger partial charge in [0, 0.05) is 28.4 Å². The minimum Gasteiger partial charge on any atom is -0.298 e. The fourth-order valence-electron chi connectivity index (χ4n) is 2.16. The lowest BCUT2D eigenvalue weighted by Crippen LogP contribution is -2.06. The van der Waals surface area contributed by atoms with Gasteiger partial charge in [-0.1, -0.05) is 35.9 Å². The Hall–Kier alpha value is -2.24. The van der Waals surface area contributed by atoms with Crippen molar-refractivity contribution in [2.75, 3.05) is 5.32 Å². The average molecular weight is 340 g/mol. The lowest BCUT2D eigenvalue weighted by atomic mass is 10.1. The van der Waals surface area contributed by atoms with E-state index in [0.29, 0.717) is 5.13 Å². The van der Waals surface area contributed by atoms with Crippen LogP contribution in [0.15, 0.2) is 54.1 Å². The second-order valence-corrected chi connectivity index (χ2v) is 7.23. The van der Waals surface area contributed by atoms with E-state index >= 15 is 0 Å². The number of amides is 1. The molecule has 0 aliphatic heterocycles. The van der Waals surface area contributed by atoms with Crippen molar-refractivity contribution in [1.82, 2.24) is 4.98 Å². The van der Waals surface area contributed by atoms with Gasteiger partial charge in [-0.2, -0.15) is 0 Å². The number of aromatic nitrogens is 1. The highest BCUT2D eigenvalue weighted by atomic mass is 32.1. The highest BCUT2D eigenvalue weighted by Gasteiger charge is 2.05. The zero-order valence-corrected chi connectivity index (χ0v) is 14.3. The molecule has 0 saturated carbocycles. The summed E-state index contributed by atoms with van der Waals surface area (Å²) in [7, 11) is 0. The SMILES string of the molecule is Cc1cccc(Cc2cnc(NC(=O)/C=C/c3cccs3)s2)c1. The van der Waals surface area contributed by atoms with Gasteiger partial charge in [0.25, 0.3) is 0 Å². The van der Waals surface area contributed by atoms with E-state index in [0.717, 1.165) is 16.2 Å². The highest BCUT2D eigenvalue weighted by molar-refractivity contribution is 7.15. The van der Waals surface area contributed by atoms with Gasteiger partial charge in [0.05, 0.1) is 0 Å². The topological polar surface area (TPSA) is 42.0 Å². The van der Waals surface area contributed by atoms with Crippen molar-refractivity contribution in [3.8, 4) is 0 Å². The van der Waals surface area contributed by atoms with Crippen LogP contribution in [0.2, 0.25) is 0 Å². The Labute approximate surface area is 143 Å². The summed E-state index contributed by atoms with van der Waals surface area (Å²) in [5.41, 5.74) is 2.50. The van der Waals surface area contributed by atoms with Crippen molar-refractivity contribution < 1.29 is 4.79 Å². The molecule has 0 saturated heterocycles. The van der Waals surface area contributed by atoms with Gasteiger partial charge >= 0.3 is 0 Å². The molecule has 1 amide bonds. The Morgan fingerprint density at radius 2 is 2.22 bits per heavy atom. The number of carbonyl (C=O) groups excluding carboxylic acids is 1. The maximum Gasteiger partial charge on any atom is 0.250 e. The number of aryl methyl sites for hydroxylation is 1. The summed E-state index contributed by atoms with van der Waals surface area (Å²) in [6, 6.07) is 12.3. The monoisotopic (exact) mass is 340 g/mol. The molecule has 0 bridgehead atoms. The first-order valence-corrected chi connectivity index (χ1v) is 8.91. The molecule has 3 rings (SSSR count). The largest absolute Gasteiger partial charge is 0.298 e. The number of thiophene rings is 1. The molecule has 0 spiro atoms. The van der Waals surface area contributed by atoms with Gasteiger partial charge in [0.15, 0.2) is 5.13 Å². The van der Waals surface area contributed by atoms with Crippen LogP contribution >= 0.6 is 22.7 Å².